The van der Waals surface area contributed by atoms with Gasteiger partial charge in [0.2, 0.25) is 5.91 Å². The molecule has 3 aromatic rings. The van der Waals surface area contributed by atoms with Gasteiger partial charge in [-0.1, -0.05) is 16.5 Å². The van der Waals surface area contributed by atoms with Crippen LogP contribution < -0.4 is 10.6 Å². The molecule has 0 atom stereocenters. The summed E-state index contributed by atoms with van der Waals surface area (Å²) in [6.45, 7) is 2.03. The summed E-state index contributed by atoms with van der Waals surface area (Å²) in [7, 11) is 0. The van der Waals surface area contributed by atoms with Gasteiger partial charge in [0.15, 0.2) is 11.5 Å². The molecule has 0 aromatic carbocycles. The van der Waals surface area contributed by atoms with Crippen LogP contribution in [0.15, 0.2) is 36.8 Å². The normalized spacial score (nSPS) is 13.2. The lowest BCUT2D eigenvalue weighted by Crippen LogP contribution is -2.25. The Balaban J connectivity index is 1.15. The van der Waals surface area contributed by atoms with Gasteiger partial charge in [-0.2, -0.15) is 0 Å². The Morgan fingerprint density at radius 2 is 1.81 bits per heavy atom. The number of rotatable bonds is 11. The maximum absolute atomic E-state index is 12.1. The molecule has 3 aromatic heterocycles. The van der Waals surface area contributed by atoms with Crippen molar-refractivity contribution < 1.29 is 9.59 Å². The van der Waals surface area contributed by atoms with Crippen LogP contribution in [-0.4, -0.2) is 53.3 Å². The molecule has 31 heavy (non-hydrogen) atoms. The van der Waals surface area contributed by atoms with Gasteiger partial charge in [0.25, 0.3) is 5.91 Å². The molecule has 0 spiro atoms. The summed E-state index contributed by atoms with van der Waals surface area (Å²) in [6, 6.07) is 5.45. The quantitative estimate of drug-likeness (QED) is 0.441. The van der Waals surface area contributed by atoms with Crippen molar-refractivity contribution in [2.75, 3.05) is 11.9 Å². The molecular formula is C20H25N9O2. The molecule has 1 saturated carbocycles. The first-order chi connectivity index (χ1) is 15.2. The molecule has 11 nitrogen and oxygen atoms in total. The molecule has 0 bridgehead atoms. The van der Waals surface area contributed by atoms with Crippen LogP contribution in [0, 0.1) is 5.92 Å². The molecule has 1 aliphatic rings. The van der Waals surface area contributed by atoms with E-state index >= 15 is 0 Å². The van der Waals surface area contributed by atoms with Crippen molar-refractivity contribution >= 4 is 17.6 Å². The fourth-order valence-electron chi connectivity index (χ4n) is 3.03. The lowest BCUT2D eigenvalue weighted by molar-refractivity contribution is -0.115. The van der Waals surface area contributed by atoms with Gasteiger partial charge in [0, 0.05) is 31.5 Å². The van der Waals surface area contributed by atoms with Gasteiger partial charge in [-0.3, -0.25) is 23.9 Å². The number of hydrogen-bond acceptors (Lipinski definition) is 7. The largest absolute Gasteiger partial charge is 0.350 e. The highest BCUT2D eigenvalue weighted by atomic mass is 16.2. The van der Waals surface area contributed by atoms with Crippen molar-refractivity contribution in [3.8, 4) is 0 Å². The number of nitrogens with one attached hydrogen (secondary N) is 2. The maximum atomic E-state index is 12.1. The Morgan fingerprint density at radius 3 is 2.55 bits per heavy atom. The average molecular weight is 423 g/mol. The Hall–Kier alpha value is -3.63. The summed E-state index contributed by atoms with van der Waals surface area (Å²) >= 11 is 0. The second kappa shape index (κ2) is 9.92. The summed E-state index contributed by atoms with van der Waals surface area (Å²) in [5.74, 6) is 0.692. The van der Waals surface area contributed by atoms with Crippen molar-refractivity contribution in [3.05, 3.63) is 48.2 Å². The monoisotopic (exact) mass is 423 g/mol. The highest BCUT2D eigenvalue weighted by Crippen LogP contribution is 2.27. The highest BCUT2D eigenvalue weighted by Gasteiger charge is 2.22. The van der Waals surface area contributed by atoms with Crippen LogP contribution >= 0.6 is 0 Å². The number of aryl methyl sites for hydroxylation is 2. The topological polar surface area (TPSA) is 133 Å². The van der Waals surface area contributed by atoms with Gasteiger partial charge in [-0.05, 0) is 43.7 Å². The van der Waals surface area contributed by atoms with Gasteiger partial charge in [-0.15, -0.1) is 10.2 Å². The first-order valence-electron chi connectivity index (χ1n) is 10.4. The van der Waals surface area contributed by atoms with Gasteiger partial charge in [0.1, 0.15) is 0 Å². The minimum Gasteiger partial charge on any atom is -0.350 e. The summed E-state index contributed by atoms with van der Waals surface area (Å²) < 4.78 is 3.37. The van der Waals surface area contributed by atoms with E-state index in [1.807, 2.05) is 12.1 Å². The first-order valence-corrected chi connectivity index (χ1v) is 10.4. The third kappa shape index (κ3) is 6.43. The molecule has 0 unspecified atom stereocenters. The third-order valence-electron chi connectivity index (χ3n) is 4.92. The number of nitrogens with zero attached hydrogens (tertiary/aromatic N) is 7. The molecule has 1 aliphatic carbocycles. The van der Waals surface area contributed by atoms with E-state index < -0.39 is 0 Å². The summed E-state index contributed by atoms with van der Waals surface area (Å²) in [4.78, 5) is 28.2. The minimum atomic E-state index is -0.186. The first kappa shape index (κ1) is 20.6. The van der Waals surface area contributed by atoms with Crippen molar-refractivity contribution in [1.29, 1.82) is 0 Å². The Labute approximate surface area is 179 Å². The van der Waals surface area contributed by atoms with Crippen molar-refractivity contribution in [3.63, 3.8) is 0 Å². The lowest BCUT2D eigenvalue weighted by atomic mass is 10.2. The zero-order chi connectivity index (χ0) is 21.5. The number of carbonyl (C=O) groups excluding carboxylic acids is 2. The average Bonchev–Trinajstić information content (AvgIpc) is 3.29. The molecule has 2 amide bonds. The number of carbonyl (C=O) groups is 2. The van der Waals surface area contributed by atoms with Crippen molar-refractivity contribution in [1.82, 2.24) is 40.3 Å². The number of aromatic nitrogens is 7. The second-order valence-corrected chi connectivity index (χ2v) is 7.64. The van der Waals surface area contributed by atoms with Crippen LogP contribution in [-0.2, 0) is 24.3 Å². The predicted molar refractivity (Wildman–Crippen MR) is 111 cm³/mol. The molecule has 2 N–H and O–H groups in total. The number of unbranched alkanes of at least 4 members (excludes halogenated alkanes) is 1. The second-order valence-electron chi connectivity index (χ2n) is 7.64. The van der Waals surface area contributed by atoms with E-state index in [1.165, 1.54) is 12.8 Å². The molecule has 4 rings (SSSR count). The molecule has 0 aliphatic heterocycles. The van der Waals surface area contributed by atoms with E-state index in [4.69, 9.17) is 0 Å². The van der Waals surface area contributed by atoms with Crippen LogP contribution in [0.3, 0.4) is 0 Å². The molecule has 0 saturated heterocycles. The molecule has 1 fully saturated rings. The summed E-state index contributed by atoms with van der Waals surface area (Å²) in [5, 5.41) is 21.6. The minimum absolute atomic E-state index is 0.168. The molecule has 162 valence electrons. The lowest BCUT2D eigenvalue weighted by Gasteiger charge is -2.02. The van der Waals surface area contributed by atoms with Gasteiger partial charge in [0.05, 0.1) is 18.8 Å². The smallest absolute Gasteiger partial charge is 0.273 e. The van der Waals surface area contributed by atoms with E-state index in [0.29, 0.717) is 36.2 Å². The molecular weight excluding hydrogens is 398 g/mol. The molecule has 0 radical (unpaired) electrons. The fourth-order valence-corrected chi connectivity index (χ4v) is 3.03. The number of pyridine rings is 1. The fraction of sp³-hybridized carbons (Fsp3) is 0.450. The Morgan fingerprint density at radius 1 is 1.03 bits per heavy atom. The van der Waals surface area contributed by atoms with Gasteiger partial charge < -0.3 is 10.6 Å². The SMILES string of the molecule is O=C(Cc1ccccn1)Nc1cn(CCCCn2cc(C(=O)NCC3CC3)nn2)nn1. The number of anilines is 1. The Bertz CT molecular complexity index is 1010. The van der Waals surface area contributed by atoms with Crippen molar-refractivity contribution in [2.45, 2.75) is 45.2 Å². The number of hydrogen-bond donors (Lipinski definition) is 2. The van der Waals surface area contributed by atoms with E-state index in [2.05, 4.69) is 36.2 Å². The van der Waals surface area contributed by atoms with E-state index in [1.54, 1.807) is 34.0 Å². The zero-order valence-electron chi connectivity index (χ0n) is 17.1. The molecule has 11 heteroatoms. The third-order valence-corrected chi connectivity index (χ3v) is 4.92. The van der Waals surface area contributed by atoms with Crippen LogP contribution in [0.1, 0.15) is 41.9 Å². The standard InChI is InChI=1S/C20H25N9O2/c30-19(11-16-5-1-2-8-21-16)23-18-14-29(27-25-18)10-4-3-9-28-13-17(24-26-28)20(31)22-12-15-6-7-15/h1-2,5,8,13-15H,3-4,6-7,9-12H2,(H,22,31)(H,23,30). The molecule has 3 heterocycles. The van der Waals surface area contributed by atoms with Crippen LogP contribution in [0.4, 0.5) is 5.82 Å². The van der Waals surface area contributed by atoms with Crippen molar-refractivity contribution in [2.24, 2.45) is 5.92 Å². The predicted octanol–water partition coefficient (Wildman–Crippen LogP) is 1.07. The van der Waals surface area contributed by atoms with Gasteiger partial charge >= 0.3 is 0 Å². The van der Waals surface area contributed by atoms with Crippen LogP contribution in [0.2, 0.25) is 0 Å². The maximum Gasteiger partial charge on any atom is 0.273 e. The number of amides is 2. The van der Waals surface area contributed by atoms with E-state index in [0.717, 1.165) is 19.4 Å². The van der Waals surface area contributed by atoms with Crippen LogP contribution in [0.25, 0.3) is 0 Å². The van der Waals surface area contributed by atoms with E-state index in [9.17, 15) is 9.59 Å². The zero-order valence-corrected chi connectivity index (χ0v) is 17.1. The Kier molecular flexibility index (Phi) is 6.60. The van der Waals surface area contributed by atoms with Crippen LogP contribution in [0.5, 0.6) is 0 Å². The summed E-state index contributed by atoms with van der Waals surface area (Å²) in [5.41, 5.74) is 1.05. The summed E-state index contributed by atoms with van der Waals surface area (Å²) in [6.07, 6.45) is 9.28. The highest BCUT2D eigenvalue weighted by molar-refractivity contribution is 5.92. The van der Waals surface area contributed by atoms with Gasteiger partial charge in [-0.25, -0.2) is 0 Å². The van der Waals surface area contributed by atoms with E-state index in [-0.39, 0.29) is 18.2 Å².